The summed E-state index contributed by atoms with van der Waals surface area (Å²) in [6, 6.07) is 5.05. The lowest BCUT2D eigenvalue weighted by Crippen LogP contribution is -2.41. The van der Waals surface area contributed by atoms with Gasteiger partial charge in [0.1, 0.15) is 5.75 Å². The van der Waals surface area contributed by atoms with Crippen LogP contribution in [0.2, 0.25) is 10.0 Å². The van der Waals surface area contributed by atoms with Crippen molar-refractivity contribution in [1.82, 2.24) is 10.2 Å². The van der Waals surface area contributed by atoms with Gasteiger partial charge in [-0.05, 0) is 56.8 Å². The zero-order valence-corrected chi connectivity index (χ0v) is 14.7. The Kier molecular flexibility index (Phi) is 5.34. The summed E-state index contributed by atoms with van der Waals surface area (Å²) in [6.07, 6.45) is 1.62. The third-order valence-electron chi connectivity index (χ3n) is 4.88. The summed E-state index contributed by atoms with van der Waals surface area (Å²) in [6.45, 7) is 5.59. The fourth-order valence-corrected chi connectivity index (χ4v) is 3.79. The predicted molar refractivity (Wildman–Crippen MR) is 92.2 cm³/mol. The van der Waals surface area contributed by atoms with Crippen molar-refractivity contribution < 1.29 is 9.53 Å². The van der Waals surface area contributed by atoms with E-state index in [1.807, 2.05) is 4.90 Å². The van der Waals surface area contributed by atoms with Crippen LogP contribution in [0.4, 0.5) is 0 Å². The van der Waals surface area contributed by atoms with E-state index in [1.165, 1.54) is 0 Å². The Labute approximate surface area is 147 Å². The SMILES string of the molecule is CC(Oc1ccc(Cl)c(Cl)c1)C(=O)N1CC[C@@H]2CNC[C@@H]2CC1. The normalized spacial score (nSPS) is 25.6. The van der Waals surface area contributed by atoms with Crippen molar-refractivity contribution in [3.05, 3.63) is 28.2 Å². The van der Waals surface area contributed by atoms with Gasteiger partial charge in [0.15, 0.2) is 6.10 Å². The van der Waals surface area contributed by atoms with Gasteiger partial charge in [0.25, 0.3) is 5.91 Å². The number of likely N-dealkylation sites (tertiary alicyclic amines) is 1. The first-order valence-electron chi connectivity index (χ1n) is 8.16. The van der Waals surface area contributed by atoms with Crippen molar-refractivity contribution >= 4 is 29.1 Å². The number of rotatable bonds is 3. The smallest absolute Gasteiger partial charge is 0.263 e. The topological polar surface area (TPSA) is 41.6 Å². The molecule has 2 aliphatic heterocycles. The highest BCUT2D eigenvalue weighted by Gasteiger charge is 2.32. The molecule has 1 amide bonds. The average molecular weight is 357 g/mol. The molecule has 2 fully saturated rings. The van der Waals surface area contributed by atoms with E-state index >= 15 is 0 Å². The predicted octanol–water partition coefficient (Wildman–Crippen LogP) is 3.22. The summed E-state index contributed by atoms with van der Waals surface area (Å²) >= 11 is 11.9. The molecule has 2 aliphatic rings. The van der Waals surface area contributed by atoms with Gasteiger partial charge in [0.05, 0.1) is 10.0 Å². The average Bonchev–Trinajstić information content (AvgIpc) is 2.89. The molecule has 0 saturated carbocycles. The van der Waals surface area contributed by atoms with Crippen LogP contribution in [-0.4, -0.2) is 43.1 Å². The quantitative estimate of drug-likeness (QED) is 0.903. The molecule has 2 saturated heterocycles. The fraction of sp³-hybridized carbons (Fsp3) is 0.588. The van der Waals surface area contributed by atoms with Gasteiger partial charge < -0.3 is 15.0 Å². The second-order valence-electron chi connectivity index (χ2n) is 6.42. The molecule has 0 spiro atoms. The number of benzene rings is 1. The van der Waals surface area contributed by atoms with Gasteiger partial charge in [-0.3, -0.25) is 4.79 Å². The Morgan fingerprint density at radius 1 is 1.22 bits per heavy atom. The monoisotopic (exact) mass is 356 g/mol. The molecule has 1 unspecified atom stereocenters. The zero-order valence-electron chi connectivity index (χ0n) is 13.2. The Bertz CT molecular complexity index is 568. The third-order valence-corrected chi connectivity index (χ3v) is 5.62. The molecule has 1 aromatic carbocycles. The lowest BCUT2D eigenvalue weighted by molar-refractivity contribution is -0.137. The van der Waals surface area contributed by atoms with Crippen molar-refractivity contribution in [2.75, 3.05) is 26.2 Å². The van der Waals surface area contributed by atoms with E-state index < -0.39 is 6.10 Å². The molecule has 126 valence electrons. The summed E-state index contributed by atoms with van der Waals surface area (Å²) in [5, 5.41) is 4.36. The molecular weight excluding hydrogens is 335 g/mol. The van der Waals surface area contributed by atoms with E-state index in [-0.39, 0.29) is 5.91 Å². The highest BCUT2D eigenvalue weighted by Crippen LogP contribution is 2.29. The third kappa shape index (κ3) is 3.93. The maximum absolute atomic E-state index is 12.7. The summed E-state index contributed by atoms with van der Waals surface area (Å²) in [5.41, 5.74) is 0. The van der Waals surface area contributed by atoms with Gasteiger partial charge in [-0.2, -0.15) is 0 Å². The van der Waals surface area contributed by atoms with Gasteiger partial charge in [-0.25, -0.2) is 0 Å². The van der Waals surface area contributed by atoms with Crippen LogP contribution in [0.15, 0.2) is 18.2 Å². The van der Waals surface area contributed by atoms with Crippen molar-refractivity contribution in [2.24, 2.45) is 11.8 Å². The minimum absolute atomic E-state index is 0.0454. The number of nitrogens with one attached hydrogen (secondary N) is 1. The van der Waals surface area contributed by atoms with Crippen LogP contribution in [0, 0.1) is 11.8 Å². The van der Waals surface area contributed by atoms with Crippen LogP contribution < -0.4 is 10.1 Å². The molecule has 23 heavy (non-hydrogen) atoms. The molecule has 3 rings (SSSR count). The molecule has 0 bridgehead atoms. The largest absolute Gasteiger partial charge is 0.481 e. The molecule has 1 N–H and O–H groups in total. The number of carbonyl (C=O) groups is 1. The van der Waals surface area contributed by atoms with E-state index in [9.17, 15) is 4.79 Å². The molecule has 3 atom stereocenters. The van der Waals surface area contributed by atoms with E-state index in [4.69, 9.17) is 27.9 Å². The van der Waals surface area contributed by atoms with Gasteiger partial charge >= 0.3 is 0 Å². The van der Waals surface area contributed by atoms with Crippen molar-refractivity contribution in [2.45, 2.75) is 25.9 Å². The summed E-state index contributed by atoms with van der Waals surface area (Å²) in [7, 11) is 0. The minimum Gasteiger partial charge on any atom is -0.481 e. The Morgan fingerprint density at radius 2 is 1.87 bits per heavy atom. The lowest BCUT2D eigenvalue weighted by Gasteiger charge is -2.25. The molecule has 0 aliphatic carbocycles. The molecule has 1 aromatic rings. The summed E-state index contributed by atoms with van der Waals surface area (Å²) in [4.78, 5) is 14.6. The Balaban J connectivity index is 1.59. The van der Waals surface area contributed by atoms with Crippen molar-refractivity contribution in [3.63, 3.8) is 0 Å². The van der Waals surface area contributed by atoms with Crippen molar-refractivity contribution in [3.8, 4) is 5.75 Å². The highest BCUT2D eigenvalue weighted by atomic mass is 35.5. The number of halogens is 2. The van der Waals surface area contributed by atoms with Crippen molar-refractivity contribution in [1.29, 1.82) is 0 Å². The number of hydrogen-bond acceptors (Lipinski definition) is 3. The molecule has 0 radical (unpaired) electrons. The first-order chi connectivity index (χ1) is 11.0. The number of amides is 1. The molecule has 6 heteroatoms. The van der Waals surface area contributed by atoms with Crippen LogP contribution in [0.1, 0.15) is 19.8 Å². The van der Waals surface area contributed by atoms with Crippen LogP contribution in [0.5, 0.6) is 5.75 Å². The first kappa shape index (κ1) is 16.9. The Hall–Kier alpha value is -0.970. The molecule has 4 nitrogen and oxygen atoms in total. The Morgan fingerprint density at radius 3 is 2.48 bits per heavy atom. The van der Waals surface area contributed by atoms with Gasteiger partial charge in [0, 0.05) is 19.2 Å². The number of hydrogen-bond donors (Lipinski definition) is 1. The number of carbonyl (C=O) groups excluding carboxylic acids is 1. The lowest BCUT2D eigenvalue weighted by atomic mass is 9.92. The van der Waals surface area contributed by atoms with E-state index in [1.54, 1.807) is 25.1 Å². The maximum Gasteiger partial charge on any atom is 0.263 e. The second-order valence-corrected chi connectivity index (χ2v) is 7.23. The van der Waals surface area contributed by atoms with Crippen LogP contribution >= 0.6 is 23.2 Å². The summed E-state index contributed by atoms with van der Waals surface area (Å²) < 4.78 is 5.75. The van der Waals surface area contributed by atoms with Crippen LogP contribution in [0.3, 0.4) is 0 Å². The van der Waals surface area contributed by atoms with Gasteiger partial charge in [-0.15, -0.1) is 0 Å². The number of ether oxygens (including phenoxy) is 1. The standard InChI is InChI=1S/C17H22Cl2N2O2/c1-11(23-14-2-3-15(18)16(19)8-14)17(22)21-6-4-12-9-20-10-13(12)5-7-21/h2-3,8,11-13,20H,4-7,9-10H2,1H3/t11?,12-,13+. The molecule has 0 aromatic heterocycles. The minimum atomic E-state index is -0.525. The van der Waals surface area contributed by atoms with Crippen LogP contribution in [-0.2, 0) is 4.79 Å². The summed E-state index contributed by atoms with van der Waals surface area (Å²) in [5.74, 6) is 2.03. The second kappa shape index (κ2) is 7.29. The van der Waals surface area contributed by atoms with E-state index in [0.717, 1.165) is 39.0 Å². The highest BCUT2D eigenvalue weighted by molar-refractivity contribution is 6.42. The first-order valence-corrected chi connectivity index (χ1v) is 8.91. The van der Waals surface area contributed by atoms with E-state index in [0.29, 0.717) is 27.6 Å². The molecule has 2 heterocycles. The molecular formula is C17H22Cl2N2O2. The zero-order chi connectivity index (χ0) is 16.4. The van der Waals surface area contributed by atoms with Gasteiger partial charge in [-0.1, -0.05) is 23.2 Å². The number of nitrogens with zero attached hydrogens (tertiary/aromatic N) is 1. The van der Waals surface area contributed by atoms with Gasteiger partial charge in [0.2, 0.25) is 0 Å². The maximum atomic E-state index is 12.7. The van der Waals surface area contributed by atoms with E-state index in [2.05, 4.69) is 5.32 Å². The van der Waals surface area contributed by atoms with Crippen LogP contribution in [0.25, 0.3) is 0 Å². The fourth-order valence-electron chi connectivity index (χ4n) is 3.50. The number of fused-ring (bicyclic) bond motifs is 1.